The maximum absolute atomic E-state index is 13.1. The number of amides is 1. The highest BCUT2D eigenvalue weighted by atomic mass is 32.2. The maximum Gasteiger partial charge on any atom is 0.251 e. The second-order valence-corrected chi connectivity index (χ2v) is 10.3. The van der Waals surface area contributed by atoms with Gasteiger partial charge in [-0.05, 0) is 48.8 Å². The summed E-state index contributed by atoms with van der Waals surface area (Å²) >= 11 is 1.67. The number of aromatic nitrogens is 3. The predicted molar refractivity (Wildman–Crippen MR) is 122 cm³/mol. The van der Waals surface area contributed by atoms with Gasteiger partial charge < -0.3 is 10.1 Å². The molecule has 1 amide bonds. The van der Waals surface area contributed by atoms with Gasteiger partial charge in [0.05, 0.1) is 24.2 Å². The topological polar surface area (TPSA) is 106 Å². The Kier molecular flexibility index (Phi) is 7.09. The second-order valence-electron chi connectivity index (χ2n) is 7.34. The lowest BCUT2D eigenvalue weighted by molar-refractivity contribution is 0.0730. The number of ether oxygens (including phenoxy) is 1. The van der Waals surface area contributed by atoms with Crippen molar-refractivity contribution in [2.24, 2.45) is 0 Å². The monoisotopic (exact) mass is 475 g/mol. The number of rotatable bonds is 8. The van der Waals surface area contributed by atoms with Gasteiger partial charge in [0.1, 0.15) is 0 Å². The number of hydrogen-bond acceptors (Lipinski definition) is 7. The van der Waals surface area contributed by atoms with Crippen molar-refractivity contribution in [2.45, 2.75) is 17.4 Å². The van der Waals surface area contributed by atoms with Crippen molar-refractivity contribution in [3.8, 4) is 0 Å². The molecule has 9 nitrogen and oxygen atoms in total. The smallest absolute Gasteiger partial charge is 0.251 e. The third-order valence-electron chi connectivity index (χ3n) is 5.27. The number of carbonyl (C=O) groups is 1. The lowest BCUT2D eigenvalue weighted by Gasteiger charge is -2.26. The highest BCUT2D eigenvalue weighted by Crippen LogP contribution is 2.21. The standard InChI is InChI=1S/C21H25N5O4S2/c1-31-14-8-18(20-24-23-19-7-2-3-9-26(19)20)22-21(27)16-5-4-6-17(15-16)32(28,29)25-10-12-30-13-11-25/h2-7,9,15,18H,8,10-14H2,1H3,(H,22,27). The minimum atomic E-state index is -3.69. The van der Waals surface area contributed by atoms with E-state index in [9.17, 15) is 13.2 Å². The maximum atomic E-state index is 13.1. The van der Waals surface area contributed by atoms with Gasteiger partial charge in [-0.25, -0.2) is 8.42 Å². The average Bonchev–Trinajstić information content (AvgIpc) is 3.26. The second kappa shape index (κ2) is 9.99. The van der Waals surface area contributed by atoms with Gasteiger partial charge in [0.2, 0.25) is 10.0 Å². The molecule has 0 saturated carbocycles. The summed E-state index contributed by atoms with van der Waals surface area (Å²) in [6.07, 6.45) is 4.52. The van der Waals surface area contributed by atoms with Crippen molar-refractivity contribution in [1.29, 1.82) is 0 Å². The molecule has 0 bridgehead atoms. The molecule has 1 saturated heterocycles. The van der Waals surface area contributed by atoms with E-state index >= 15 is 0 Å². The average molecular weight is 476 g/mol. The molecule has 1 unspecified atom stereocenters. The van der Waals surface area contributed by atoms with E-state index < -0.39 is 10.0 Å². The molecule has 0 spiro atoms. The lowest BCUT2D eigenvalue weighted by Crippen LogP contribution is -2.40. The van der Waals surface area contributed by atoms with Gasteiger partial charge in [-0.15, -0.1) is 10.2 Å². The van der Waals surface area contributed by atoms with Crippen LogP contribution >= 0.6 is 11.8 Å². The molecule has 0 aliphatic carbocycles. The van der Waals surface area contributed by atoms with E-state index in [0.717, 1.165) is 5.75 Å². The summed E-state index contributed by atoms with van der Waals surface area (Å²) in [6, 6.07) is 11.4. The molecule has 11 heteroatoms. The van der Waals surface area contributed by atoms with Gasteiger partial charge in [-0.1, -0.05) is 12.1 Å². The lowest BCUT2D eigenvalue weighted by atomic mass is 10.1. The van der Waals surface area contributed by atoms with Crippen LogP contribution in [0.2, 0.25) is 0 Å². The molecule has 1 N–H and O–H groups in total. The van der Waals surface area contributed by atoms with Crippen LogP contribution in [-0.2, 0) is 14.8 Å². The number of hydrogen-bond donors (Lipinski definition) is 1. The van der Waals surface area contributed by atoms with Crippen LogP contribution in [0.3, 0.4) is 0 Å². The van der Waals surface area contributed by atoms with E-state index in [-0.39, 0.29) is 22.4 Å². The van der Waals surface area contributed by atoms with Crippen LogP contribution in [0.25, 0.3) is 5.65 Å². The van der Waals surface area contributed by atoms with Crippen molar-refractivity contribution in [1.82, 2.24) is 24.2 Å². The molecule has 170 valence electrons. The Hall–Kier alpha value is -2.47. The van der Waals surface area contributed by atoms with Crippen molar-refractivity contribution in [3.63, 3.8) is 0 Å². The number of nitrogens with one attached hydrogen (secondary N) is 1. The number of pyridine rings is 1. The van der Waals surface area contributed by atoms with Crippen LogP contribution in [0.5, 0.6) is 0 Å². The molecule has 1 aromatic carbocycles. The predicted octanol–water partition coefficient (Wildman–Crippen LogP) is 1.97. The van der Waals surface area contributed by atoms with Gasteiger partial charge >= 0.3 is 0 Å². The zero-order valence-corrected chi connectivity index (χ0v) is 19.3. The molecule has 3 heterocycles. The number of carbonyl (C=O) groups excluding carboxylic acids is 1. The van der Waals surface area contributed by atoms with E-state index in [0.29, 0.717) is 44.2 Å². The van der Waals surface area contributed by atoms with Crippen molar-refractivity contribution in [3.05, 3.63) is 60.0 Å². The third-order valence-corrected chi connectivity index (χ3v) is 7.81. The van der Waals surface area contributed by atoms with E-state index in [4.69, 9.17) is 4.74 Å². The first-order valence-electron chi connectivity index (χ1n) is 10.3. The highest BCUT2D eigenvalue weighted by Gasteiger charge is 2.27. The van der Waals surface area contributed by atoms with Gasteiger partial charge in [-0.3, -0.25) is 9.20 Å². The fraction of sp³-hybridized carbons (Fsp3) is 0.381. The van der Waals surface area contributed by atoms with Gasteiger partial charge in [0.15, 0.2) is 11.5 Å². The largest absolute Gasteiger partial charge is 0.379 e. The fourth-order valence-corrected chi connectivity index (χ4v) is 5.50. The number of sulfonamides is 1. The van der Waals surface area contributed by atoms with Gasteiger partial charge in [0.25, 0.3) is 5.91 Å². The Morgan fingerprint density at radius 1 is 1.19 bits per heavy atom. The summed E-state index contributed by atoms with van der Waals surface area (Å²) in [5, 5.41) is 11.5. The Balaban J connectivity index is 1.58. The molecular weight excluding hydrogens is 450 g/mol. The molecule has 1 atom stereocenters. The molecule has 1 aliphatic heterocycles. The Morgan fingerprint density at radius 3 is 2.78 bits per heavy atom. The normalized spacial score (nSPS) is 16.2. The first kappa shape index (κ1) is 22.7. The minimum Gasteiger partial charge on any atom is -0.379 e. The molecule has 3 aromatic rings. The Bertz CT molecular complexity index is 1190. The summed E-state index contributed by atoms with van der Waals surface area (Å²) in [4.78, 5) is 13.2. The summed E-state index contributed by atoms with van der Waals surface area (Å²) in [5.41, 5.74) is 0.979. The quantitative estimate of drug-likeness (QED) is 0.531. The van der Waals surface area contributed by atoms with Crippen molar-refractivity contribution in [2.75, 3.05) is 38.3 Å². The van der Waals surface area contributed by atoms with Crippen LogP contribution in [0.15, 0.2) is 53.6 Å². The molecule has 1 aliphatic rings. The number of thioether (sulfide) groups is 1. The van der Waals surface area contributed by atoms with Crippen LogP contribution in [0.1, 0.15) is 28.6 Å². The number of morpholine rings is 1. The van der Waals surface area contributed by atoms with Crippen LogP contribution in [0, 0.1) is 0 Å². The Morgan fingerprint density at radius 2 is 2.00 bits per heavy atom. The van der Waals surface area contributed by atoms with E-state index in [1.54, 1.807) is 23.9 Å². The van der Waals surface area contributed by atoms with Crippen LogP contribution in [0.4, 0.5) is 0 Å². The Labute approximate surface area is 191 Å². The molecular formula is C21H25N5O4S2. The minimum absolute atomic E-state index is 0.0978. The third kappa shape index (κ3) is 4.80. The first-order chi connectivity index (χ1) is 15.5. The summed E-state index contributed by atoms with van der Waals surface area (Å²) in [5.74, 6) is 1.10. The van der Waals surface area contributed by atoms with E-state index in [1.165, 1.54) is 16.4 Å². The van der Waals surface area contributed by atoms with E-state index in [2.05, 4.69) is 15.5 Å². The van der Waals surface area contributed by atoms with Crippen molar-refractivity contribution < 1.29 is 17.9 Å². The van der Waals surface area contributed by atoms with Gasteiger partial charge in [-0.2, -0.15) is 16.1 Å². The number of fused-ring (bicyclic) bond motifs is 1. The summed E-state index contributed by atoms with van der Waals surface area (Å²) in [7, 11) is -3.69. The molecule has 2 aromatic heterocycles. The molecule has 4 rings (SSSR count). The van der Waals surface area contributed by atoms with E-state index in [1.807, 2.05) is 35.1 Å². The summed E-state index contributed by atoms with van der Waals surface area (Å²) in [6.45, 7) is 1.33. The number of nitrogens with zero attached hydrogens (tertiary/aromatic N) is 4. The zero-order valence-electron chi connectivity index (χ0n) is 17.7. The molecule has 0 radical (unpaired) electrons. The van der Waals surface area contributed by atoms with Crippen LogP contribution < -0.4 is 5.32 Å². The van der Waals surface area contributed by atoms with Gasteiger partial charge in [0, 0.05) is 24.8 Å². The molecule has 1 fully saturated rings. The number of benzene rings is 1. The SMILES string of the molecule is CSCCC(NC(=O)c1cccc(S(=O)(=O)N2CCOCC2)c1)c1nnc2ccccn12. The first-order valence-corrected chi connectivity index (χ1v) is 13.1. The molecule has 32 heavy (non-hydrogen) atoms. The van der Waals surface area contributed by atoms with Crippen molar-refractivity contribution >= 4 is 33.3 Å². The fourth-order valence-electron chi connectivity index (χ4n) is 3.57. The summed E-state index contributed by atoms with van der Waals surface area (Å²) < 4.78 is 34.4. The zero-order chi connectivity index (χ0) is 22.6. The highest BCUT2D eigenvalue weighted by molar-refractivity contribution is 7.98. The van der Waals surface area contributed by atoms with Crippen LogP contribution in [-0.4, -0.2) is 71.5 Å².